The molecule has 0 aromatic carbocycles. The number of nitrogens with one attached hydrogen (secondary N) is 1. The molecule has 1 fully saturated rings. The van der Waals surface area contributed by atoms with Gasteiger partial charge in [0, 0.05) is 0 Å². The van der Waals surface area contributed by atoms with E-state index in [1.807, 2.05) is 0 Å². The third kappa shape index (κ3) is 1.44. The molecule has 0 radical (unpaired) electrons. The summed E-state index contributed by atoms with van der Waals surface area (Å²) in [6.07, 6.45) is 3.93. The van der Waals surface area contributed by atoms with Crippen molar-refractivity contribution in [3.05, 3.63) is 11.8 Å². The van der Waals surface area contributed by atoms with E-state index in [4.69, 9.17) is 11.3 Å². The third-order valence-corrected chi connectivity index (χ3v) is 5.09. The Morgan fingerprint density at radius 2 is 2.12 bits per heavy atom. The van der Waals surface area contributed by atoms with E-state index in [-0.39, 0.29) is 14.5 Å². The number of nitrogens with two attached hydrogens (primary N) is 1. The summed E-state index contributed by atoms with van der Waals surface area (Å²) < 4.78 is 3.26. The van der Waals surface area contributed by atoms with E-state index in [1.165, 1.54) is 23.8 Å². The Labute approximate surface area is 97.9 Å². The van der Waals surface area contributed by atoms with Gasteiger partial charge in [-0.2, -0.15) is 0 Å². The topological polar surface area (TPSA) is 83.8 Å². The van der Waals surface area contributed by atoms with Crippen LogP contribution in [-0.2, 0) is 0 Å². The Balaban J connectivity index is 2.15. The Morgan fingerprint density at radius 3 is 2.88 bits per heavy atom. The molecule has 7 heteroatoms. The monoisotopic (exact) mass is 284 g/mol. The van der Waals surface area contributed by atoms with Crippen LogP contribution in [0.2, 0.25) is 0 Å². The molecule has 2 aromatic heterocycles. The fourth-order valence-corrected chi connectivity index (χ4v) is 4.01. The van der Waals surface area contributed by atoms with Crippen LogP contribution >= 0.6 is 0 Å². The van der Waals surface area contributed by atoms with E-state index in [1.54, 1.807) is 0 Å². The fraction of sp³-hybridized carbons (Fsp3) is 0.444. The zero-order valence-corrected chi connectivity index (χ0v) is 10.4. The molecule has 0 bridgehead atoms. The van der Waals surface area contributed by atoms with Gasteiger partial charge in [0.05, 0.1) is 0 Å². The van der Waals surface area contributed by atoms with Gasteiger partial charge in [0.15, 0.2) is 0 Å². The SMILES string of the molecule is N=c1c2[se]c(N3CCCC3)nc2ncn1N. The van der Waals surface area contributed by atoms with Crippen LogP contribution in [0, 0.1) is 5.41 Å². The van der Waals surface area contributed by atoms with Gasteiger partial charge in [-0.05, 0) is 0 Å². The first-order chi connectivity index (χ1) is 7.75. The molecule has 3 heterocycles. The summed E-state index contributed by atoms with van der Waals surface area (Å²) in [7, 11) is 0. The zero-order chi connectivity index (χ0) is 11.1. The average molecular weight is 283 g/mol. The van der Waals surface area contributed by atoms with Gasteiger partial charge >= 0.3 is 97.6 Å². The number of hydrogen-bond donors (Lipinski definition) is 2. The average Bonchev–Trinajstić information content (AvgIpc) is 2.91. The van der Waals surface area contributed by atoms with Gasteiger partial charge < -0.3 is 0 Å². The minimum atomic E-state index is 0.0894. The second-order valence-corrected chi connectivity index (χ2v) is 5.89. The molecule has 3 rings (SSSR count). The zero-order valence-electron chi connectivity index (χ0n) is 8.68. The van der Waals surface area contributed by atoms with Crippen LogP contribution in [0.1, 0.15) is 12.8 Å². The van der Waals surface area contributed by atoms with Crippen molar-refractivity contribution in [1.82, 2.24) is 14.6 Å². The molecule has 6 nitrogen and oxygen atoms in total. The van der Waals surface area contributed by atoms with Gasteiger partial charge in [-0.25, -0.2) is 0 Å². The van der Waals surface area contributed by atoms with E-state index in [0.29, 0.717) is 11.1 Å². The second-order valence-electron chi connectivity index (χ2n) is 3.84. The molecule has 0 aliphatic carbocycles. The van der Waals surface area contributed by atoms with Crippen LogP contribution in [0.25, 0.3) is 9.91 Å². The van der Waals surface area contributed by atoms with Crippen molar-refractivity contribution in [2.24, 2.45) is 0 Å². The Hall–Kier alpha value is -1.33. The number of aromatic nitrogens is 3. The maximum atomic E-state index is 7.86. The standard InChI is InChI=1S/C9H12N6Se/c10-7-6-8(12-5-15(7)11)13-9(16-6)14-3-1-2-4-14/h5,10H,1-4,11H2. The first-order valence-corrected chi connectivity index (χ1v) is 6.90. The first-order valence-electron chi connectivity index (χ1n) is 5.18. The molecule has 2 aromatic rings. The molecular formula is C9H12N6Se. The van der Waals surface area contributed by atoms with Crippen LogP contribution in [-0.4, -0.2) is 42.2 Å². The summed E-state index contributed by atoms with van der Waals surface area (Å²) in [5.41, 5.74) is 1.02. The number of nitrogens with zero attached hydrogens (tertiary/aromatic N) is 4. The molecule has 84 valence electrons. The third-order valence-electron chi connectivity index (χ3n) is 2.75. The van der Waals surface area contributed by atoms with Crippen molar-refractivity contribution in [2.45, 2.75) is 12.8 Å². The van der Waals surface area contributed by atoms with Gasteiger partial charge in [0.25, 0.3) is 0 Å². The molecule has 3 N–H and O–H groups in total. The van der Waals surface area contributed by atoms with Crippen molar-refractivity contribution in [3.63, 3.8) is 0 Å². The molecular weight excluding hydrogens is 271 g/mol. The number of hydrogen-bond acceptors (Lipinski definition) is 5. The molecule has 0 unspecified atom stereocenters. The van der Waals surface area contributed by atoms with Crippen LogP contribution in [0.5, 0.6) is 0 Å². The summed E-state index contributed by atoms with van der Waals surface area (Å²) in [6, 6.07) is 0. The second kappa shape index (κ2) is 3.61. The van der Waals surface area contributed by atoms with E-state index < -0.39 is 0 Å². The quantitative estimate of drug-likeness (QED) is 0.534. The molecule has 1 aliphatic heterocycles. The molecule has 0 spiro atoms. The van der Waals surface area contributed by atoms with Crippen LogP contribution in [0.4, 0.5) is 4.69 Å². The van der Waals surface area contributed by atoms with Gasteiger partial charge in [-0.3, -0.25) is 0 Å². The van der Waals surface area contributed by atoms with Gasteiger partial charge in [-0.1, -0.05) is 0 Å². The number of nitrogen functional groups attached to an aromatic ring is 1. The van der Waals surface area contributed by atoms with Crippen molar-refractivity contribution < 1.29 is 0 Å². The van der Waals surface area contributed by atoms with Gasteiger partial charge in [0.2, 0.25) is 0 Å². The van der Waals surface area contributed by atoms with Crippen LogP contribution in [0.15, 0.2) is 6.33 Å². The van der Waals surface area contributed by atoms with Crippen LogP contribution in [0.3, 0.4) is 0 Å². The van der Waals surface area contributed by atoms with E-state index in [9.17, 15) is 0 Å². The molecule has 16 heavy (non-hydrogen) atoms. The molecule has 1 saturated heterocycles. The van der Waals surface area contributed by atoms with Crippen LogP contribution < -0.4 is 16.2 Å². The molecule has 0 atom stereocenters. The summed E-state index contributed by atoms with van der Waals surface area (Å²) in [6.45, 7) is 2.18. The summed E-state index contributed by atoms with van der Waals surface area (Å²) >= 11 is 0.0894. The molecule has 0 saturated carbocycles. The predicted octanol–water partition coefficient (Wildman–Crippen LogP) is -0.718. The summed E-state index contributed by atoms with van der Waals surface area (Å²) in [5.74, 6) is 5.60. The van der Waals surface area contributed by atoms with E-state index in [2.05, 4.69) is 14.9 Å². The summed E-state index contributed by atoms with van der Waals surface area (Å²) in [4.78, 5) is 11.0. The maximum absolute atomic E-state index is 7.86. The van der Waals surface area contributed by atoms with E-state index in [0.717, 1.165) is 22.0 Å². The normalized spacial score (nSPS) is 16.1. The number of rotatable bonds is 1. The van der Waals surface area contributed by atoms with Crippen molar-refractivity contribution in [1.29, 1.82) is 5.41 Å². The van der Waals surface area contributed by atoms with Crippen molar-refractivity contribution in [2.75, 3.05) is 23.8 Å². The molecule has 0 amide bonds. The Bertz CT molecular complexity index is 579. The fourth-order valence-electron chi connectivity index (χ4n) is 1.88. The number of anilines is 1. The van der Waals surface area contributed by atoms with E-state index >= 15 is 0 Å². The predicted molar refractivity (Wildman–Crippen MR) is 61.9 cm³/mol. The van der Waals surface area contributed by atoms with Gasteiger partial charge in [-0.15, -0.1) is 0 Å². The number of fused-ring (bicyclic) bond motifs is 1. The minimum absolute atomic E-state index is 0.0894. The van der Waals surface area contributed by atoms with Crippen molar-refractivity contribution >= 4 is 29.1 Å². The first kappa shape index (κ1) is 9.86. The Kier molecular flexibility index (Phi) is 2.22. The van der Waals surface area contributed by atoms with Gasteiger partial charge in [0.1, 0.15) is 0 Å². The summed E-state index contributed by atoms with van der Waals surface area (Å²) in [5, 5.41) is 7.86. The Morgan fingerprint density at radius 1 is 1.38 bits per heavy atom. The molecule has 1 aliphatic rings. The van der Waals surface area contributed by atoms with Crippen molar-refractivity contribution in [3.8, 4) is 0 Å².